The van der Waals surface area contributed by atoms with Crippen molar-refractivity contribution in [3.8, 4) is 11.5 Å². The van der Waals surface area contributed by atoms with Crippen molar-refractivity contribution in [3.05, 3.63) is 59.7 Å². The number of amides is 2. The van der Waals surface area contributed by atoms with E-state index in [0.717, 1.165) is 12.8 Å². The van der Waals surface area contributed by atoms with Gasteiger partial charge in [-0.05, 0) is 42.7 Å². The van der Waals surface area contributed by atoms with Crippen molar-refractivity contribution >= 4 is 11.8 Å². The second-order valence-corrected chi connectivity index (χ2v) is 7.23. The molecule has 0 unspecified atom stereocenters. The summed E-state index contributed by atoms with van der Waals surface area (Å²) in [4.78, 5) is 28.7. The average molecular weight is 396 g/mol. The third-order valence-corrected chi connectivity index (χ3v) is 5.09. The minimum absolute atomic E-state index is 0.0133. The van der Waals surface area contributed by atoms with Crippen molar-refractivity contribution in [2.24, 2.45) is 0 Å². The number of aryl methyl sites for hydroxylation is 1. The van der Waals surface area contributed by atoms with Crippen molar-refractivity contribution in [3.63, 3.8) is 0 Å². The van der Waals surface area contributed by atoms with Gasteiger partial charge in [-0.3, -0.25) is 9.59 Å². The lowest BCUT2D eigenvalue weighted by molar-refractivity contribution is -0.133. The minimum Gasteiger partial charge on any atom is -0.507 e. The summed E-state index contributed by atoms with van der Waals surface area (Å²) in [6.45, 7) is 4.16. The molecule has 0 aromatic heterocycles. The molecule has 154 valence electrons. The Morgan fingerprint density at radius 1 is 0.966 bits per heavy atom. The van der Waals surface area contributed by atoms with Gasteiger partial charge in [0.25, 0.3) is 11.8 Å². The first-order valence-corrected chi connectivity index (χ1v) is 10.1. The Labute approximate surface area is 171 Å². The van der Waals surface area contributed by atoms with Gasteiger partial charge in [-0.25, -0.2) is 0 Å². The number of benzene rings is 2. The Balaban J connectivity index is 1.51. The Kier molecular flexibility index (Phi) is 7.11. The Morgan fingerprint density at radius 2 is 1.66 bits per heavy atom. The van der Waals surface area contributed by atoms with E-state index in [0.29, 0.717) is 43.9 Å². The lowest BCUT2D eigenvalue weighted by atomic mass is 10.1. The van der Waals surface area contributed by atoms with E-state index < -0.39 is 0 Å². The Hall–Kier alpha value is -3.02. The van der Waals surface area contributed by atoms with Crippen molar-refractivity contribution in [1.29, 1.82) is 0 Å². The van der Waals surface area contributed by atoms with Crippen LogP contribution >= 0.6 is 0 Å². The summed E-state index contributed by atoms with van der Waals surface area (Å²) in [5.74, 6) is 0.373. The molecule has 1 heterocycles. The quantitative estimate of drug-likeness (QED) is 0.815. The van der Waals surface area contributed by atoms with Gasteiger partial charge in [0, 0.05) is 26.2 Å². The minimum atomic E-state index is -0.208. The summed E-state index contributed by atoms with van der Waals surface area (Å²) in [6.07, 6.45) is 2.82. The first-order valence-electron chi connectivity index (χ1n) is 10.1. The van der Waals surface area contributed by atoms with Crippen LogP contribution in [0.1, 0.15) is 35.7 Å². The van der Waals surface area contributed by atoms with Crippen LogP contribution in [0.5, 0.6) is 11.5 Å². The number of nitrogens with zero attached hydrogens (tertiary/aromatic N) is 2. The van der Waals surface area contributed by atoms with Crippen LogP contribution in [-0.2, 0) is 11.2 Å². The highest BCUT2D eigenvalue weighted by molar-refractivity contribution is 5.96. The molecule has 0 aliphatic carbocycles. The van der Waals surface area contributed by atoms with E-state index >= 15 is 0 Å². The van der Waals surface area contributed by atoms with Crippen molar-refractivity contribution in [2.45, 2.75) is 26.2 Å². The molecule has 0 radical (unpaired) electrons. The smallest absolute Gasteiger partial charge is 0.260 e. The molecule has 0 atom stereocenters. The van der Waals surface area contributed by atoms with Gasteiger partial charge in [0.05, 0.1) is 5.56 Å². The molecule has 1 saturated heterocycles. The van der Waals surface area contributed by atoms with Crippen LogP contribution in [0.25, 0.3) is 0 Å². The predicted octanol–water partition coefficient (Wildman–Crippen LogP) is 3.10. The Bertz CT molecular complexity index is 835. The Morgan fingerprint density at radius 3 is 2.38 bits per heavy atom. The topological polar surface area (TPSA) is 70.1 Å². The van der Waals surface area contributed by atoms with Gasteiger partial charge < -0.3 is 19.6 Å². The lowest BCUT2D eigenvalue weighted by Gasteiger charge is -2.22. The third kappa shape index (κ3) is 5.50. The van der Waals surface area contributed by atoms with E-state index in [9.17, 15) is 14.7 Å². The molecule has 1 N–H and O–H groups in total. The predicted molar refractivity (Wildman–Crippen MR) is 111 cm³/mol. The summed E-state index contributed by atoms with van der Waals surface area (Å²) >= 11 is 0. The van der Waals surface area contributed by atoms with Gasteiger partial charge >= 0.3 is 0 Å². The van der Waals surface area contributed by atoms with Gasteiger partial charge in [-0.15, -0.1) is 0 Å². The number of ether oxygens (including phenoxy) is 1. The zero-order valence-electron chi connectivity index (χ0n) is 16.8. The molecule has 1 fully saturated rings. The molecule has 2 aromatic carbocycles. The molecule has 2 aromatic rings. The van der Waals surface area contributed by atoms with Gasteiger partial charge in [-0.1, -0.05) is 37.6 Å². The van der Waals surface area contributed by atoms with E-state index in [-0.39, 0.29) is 24.2 Å². The SMILES string of the molecule is CCCc1ccc(OCC(=O)N2CCCN(C(=O)c3ccccc3O)CC2)cc1. The second kappa shape index (κ2) is 9.96. The summed E-state index contributed by atoms with van der Waals surface area (Å²) in [6, 6.07) is 14.4. The number of phenols is 1. The molecule has 3 rings (SSSR count). The summed E-state index contributed by atoms with van der Waals surface area (Å²) in [7, 11) is 0. The zero-order chi connectivity index (χ0) is 20.6. The summed E-state index contributed by atoms with van der Waals surface area (Å²) < 4.78 is 5.65. The average Bonchev–Trinajstić information content (AvgIpc) is 2.99. The third-order valence-electron chi connectivity index (χ3n) is 5.09. The zero-order valence-corrected chi connectivity index (χ0v) is 16.8. The van der Waals surface area contributed by atoms with Crippen LogP contribution in [0, 0.1) is 0 Å². The number of para-hydroxylation sites is 1. The lowest BCUT2D eigenvalue weighted by Crippen LogP contribution is -2.39. The van der Waals surface area contributed by atoms with E-state index in [1.54, 1.807) is 28.0 Å². The summed E-state index contributed by atoms with van der Waals surface area (Å²) in [5, 5.41) is 9.92. The van der Waals surface area contributed by atoms with E-state index in [1.807, 2.05) is 24.3 Å². The molecule has 0 bridgehead atoms. The van der Waals surface area contributed by atoms with Crippen LogP contribution in [-0.4, -0.2) is 59.5 Å². The first-order chi connectivity index (χ1) is 14.1. The molecular formula is C23H28N2O4. The van der Waals surface area contributed by atoms with Crippen LogP contribution in [0.15, 0.2) is 48.5 Å². The maximum absolute atomic E-state index is 12.7. The molecule has 6 heteroatoms. The van der Waals surface area contributed by atoms with Crippen LogP contribution in [0.4, 0.5) is 0 Å². The van der Waals surface area contributed by atoms with Gasteiger partial charge in [0.2, 0.25) is 0 Å². The maximum atomic E-state index is 12.7. The molecule has 6 nitrogen and oxygen atoms in total. The first kappa shape index (κ1) is 20.7. The molecule has 0 spiro atoms. The molecule has 1 aliphatic heterocycles. The largest absolute Gasteiger partial charge is 0.507 e. The highest BCUT2D eigenvalue weighted by Gasteiger charge is 2.24. The van der Waals surface area contributed by atoms with Crippen LogP contribution in [0.2, 0.25) is 0 Å². The van der Waals surface area contributed by atoms with E-state index in [2.05, 4.69) is 6.92 Å². The number of hydrogen-bond donors (Lipinski definition) is 1. The standard InChI is InChI=1S/C23H28N2O4/c1-2-6-18-9-11-19(12-10-18)29-17-22(27)24-13-5-14-25(16-15-24)23(28)20-7-3-4-8-21(20)26/h3-4,7-12,26H,2,5-6,13-17H2,1H3. The van der Waals surface area contributed by atoms with E-state index in [1.165, 1.54) is 11.6 Å². The maximum Gasteiger partial charge on any atom is 0.260 e. The molecule has 1 aliphatic rings. The summed E-state index contributed by atoms with van der Waals surface area (Å²) in [5.41, 5.74) is 1.55. The fourth-order valence-corrected chi connectivity index (χ4v) is 3.47. The van der Waals surface area contributed by atoms with Gasteiger partial charge in [-0.2, -0.15) is 0 Å². The van der Waals surface area contributed by atoms with Crippen molar-refractivity contribution < 1.29 is 19.4 Å². The van der Waals surface area contributed by atoms with Crippen LogP contribution in [0.3, 0.4) is 0 Å². The number of phenolic OH excluding ortho intramolecular Hbond substituents is 1. The van der Waals surface area contributed by atoms with Crippen LogP contribution < -0.4 is 4.74 Å². The monoisotopic (exact) mass is 396 g/mol. The number of carbonyl (C=O) groups is 2. The number of rotatable bonds is 6. The van der Waals surface area contributed by atoms with E-state index in [4.69, 9.17) is 4.74 Å². The van der Waals surface area contributed by atoms with Gasteiger partial charge in [0.15, 0.2) is 6.61 Å². The molecule has 29 heavy (non-hydrogen) atoms. The number of carbonyl (C=O) groups excluding carboxylic acids is 2. The highest BCUT2D eigenvalue weighted by Crippen LogP contribution is 2.19. The van der Waals surface area contributed by atoms with Crippen molar-refractivity contribution in [2.75, 3.05) is 32.8 Å². The van der Waals surface area contributed by atoms with Gasteiger partial charge in [0.1, 0.15) is 11.5 Å². The molecule has 0 saturated carbocycles. The second-order valence-electron chi connectivity index (χ2n) is 7.23. The highest BCUT2D eigenvalue weighted by atomic mass is 16.5. The normalized spacial score (nSPS) is 14.4. The number of aromatic hydroxyl groups is 1. The van der Waals surface area contributed by atoms with Crippen molar-refractivity contribution in [1.82, 2.24) is 9.80 Å². The fourth-order valence-electron chi connectivity index (χ4n) is 3.47. The molecule has 2 amide bonds. The number of hydrogen-bond acceptors (Lipinski definition) is 4. The molecular weight excluding hydrogens is 368 g/mol. The fraction of sp³-hybridized carbons (Fsp3) is 0.391.